The SMILES string of the molecule is Cn1c(COc2ccc(N)cc2)cc(=O)n(C)c1=O. The van der Waals surface area contributed by atoms with Gasteiger partial charge < -0.3 is 10.5 Å². The Bertz CT molecular complexity index is 699. The minimum absolute atomic E-state index is 0.145. The molecule has 1 aromatic heterocycles. The summed E-state index contributed by atoms with van der Waals surface area (Å²) in [6.45, 7) is 0.145. The van der Waals surface area contributed by atoms with Crippen LogP contribution in [0.1, 0.15) is 5.69 Å². The highest BCUT2D eigenvalue weighted by Gasteiger charge is 2.06. The molecule has 0 bridgehead atoms. The number of benzene rings is 1. The first-order valence-electron chi connectivity index (χ1n) is 5.73. The second kappa shape index (κ2) is 5.01. The van der Waals surface area contributed by atoms with Gasteiger partial charge in [-0.1, -0.05) is 0 Å². The Morgan fingerprint density at radius 2 is 1.74 bits per heavy atom. The molecule has 1 heterocycles. The third-order valence-electron chi connectivity index (χ3n) is 2.89. The fourth-order valence-electron chi connectivity index (χ4n) is 1.64. The molecule has 0 aliphatic carbocycles. The first kappa shape index (κ1) is 12.9. The lowest BCUT2D eigenvalue weighted by molar-refractivity contribution is 0.293. The Morgan fingerprint density at radius 3 is 2.37 bits per heavy atom. The maximum atomic E-state index is 11.7. The average Bonchev–Trinajstić information content (AvgIpc) is 2.41. The summed E-state index contributed by atoms with van der Waals surface area (Å²) in [5.41, 5.74) is 6.01. The third-order valence-corrected chi connectivity index (χ3v) is 2.89. The number of aromatic nitrogens is 2. The molecule has 0 atom stereocenters. The van der Waals surface area contributed by atoms with Crippen LogP contribution in [-0.2, 0) is 20.7 Å². The van der Waals surface area contributed by atoms with E-state index >= 15 is 0 Å². The number of nitrogens with two attached hydrogens (primary N) is 1. The summed E-state index contributed by atoms with van der Waals surface area (Å²) in [5.74, 6) is 0.627. The van der Waals surface area contributed by atoms with E-state index < -0.39 is 0 Å². The predicted molar refractivity (Wildman–Crippen MR) is 72.1 cm³/mol. The maximum Gasteiger partial charge on any atom is 0.330 e. The van der Waals surface area contributed by atoms with Crippen LogP contribution in [0.15, 0.2) is 39.9 Å². The molecular weight excluding hydrogens is 246 g/mol. The van der Waals surface area contributed by atoms with E-state index in [0.717, 1.165) is 4.57 Å². The Balaban J connectivity index is 2.23. The molecule has 0 saturated carbocycles. The Hall–Kier alpha value is -2.50. The van der Waals surface area contributed by atoms with Gasteiger partial charge in [0.15, 0.2) is 0 Å². The minimum atomic E-state index is -0.372. The number of nitrogens with zero attached hydrogens (tertiary/aromatic N) is 2. The molecule has 2 N–H and O–H groups in total. The lowest BCUT2D eigenvalue weighted by Gasteiger charge is -2.11. The van der Waals surface area contributed by atoms with Gasteiger partial charge in [-0.3, -0.25) is 13.9 Å². The maximum absolute atomic E-state index is 11.7. The molecule has 0 spiro atoms. The van der Waals surface area contributed by atoms with E-state index in [9.17, 15) is 9.59 Å². The van der Waals surface area contributed by atoms with Gasteiger partial charge in [-0.05, 0) is 24.3 Å². The van der Waals surface area contributed by atoms with Gasteiger partial charge in [0, 0.05) is 25.8 Å². The van der Waals surface area contributed by atoms with Crippen molar-refractivity contribution in [2.75, 3.05) is 5.73 Å². The van der Waals surface area contributed by atoms with Crippen LogP contribution in [0, 0.1) is 0 Å². The lowest BCUT2D eigenvalue weighted by atomic mass is 10.3. The van der Waals surface area contributed by atoms with Crippen LogP contribution in [0.4, 0.5) is 5.69 Å². The summed E-state index contributed by atoms with van der Waals surface area (Å²) in [6.07, 6.45) is 0. The standard InChI is InChI=1S/C13H15N3O3/c1-15-10(7-12(17)16(2)13(15)18)8-19-11-5-3-9(14)4-6-11/h3-7H,8,14H2,1-2H3. The molecule has 0 amide bonds. The third kappa shape index (κ3) is 2.67. The number of anilines is 1. The normalized spacial score (nSPS) is 10.4. The van der Waals surface area contributed by atoms with Gasteiger partial charge in [-0.2, -0.15) is 0 Å². The van der Waals surface area contributed by atoms with E-state index in [-0.39, 0.29) is 17.9 Å². The smallest absolute Gasteiger partial charge is 0.330 e. The molecule has 2 rings (SSSR count). The summed E-state index contributed by atoms with van der Waals surface area (Å²) in [4.78, 5) is 23.3. The molecular formula is C13H15N3O3. The van der Waals surface area contributed by atoms with Gasteiger partial charge in [0.2, 0.25) is 0 Å². The largest absolute Gasteiger partial charge is 0.487 e. The Morgan fingerprint density at radius 1 is 1.11 bits per heavy atom. The summed E-state index contributed by atoms with van der Waals surface area (Å²) in [5, 5.41) is 0. The highest BCUT2D eigenvalue weighted by atomic mass is 16.5. The quantitative estimate of drug-likeness (QED) is 0.803. The highest BCUT2D eigenvalue weighted by Crippen LogP contribution is 2.14. The fraction of sp³-hybridized carbons (Fsp3) is 0.231. The topological polar surface area (TPSA) is 79.2 Å². The van der Waals surface area contributed by atoms with Crippen LogP contribution in [0.2, 0.25) is 0 Å². The van der Waals surface area contributed by atoms with E-state index in [1.807, 2.05) is 0 Å². The van der Waals surface area contributed by atoms with Crippen LogP contribution in [-0.4, -0.2) is 9.13 Å². The van der Waals surface area contributed by atoms with Crippen molar-refractivity contribution in [3.8, 4) is 5.75 Å². The highest BCUT2D eigenvalue weighted by molar-refractivity contribution is 5.41. The van der Waals surface area contributed by atoms with Crippen molar-refractivity contribution in [2.24, 2.45) is 14.1 Å². The molecule has 6 nitrogen and oxygen atoms in total. The van der Waals surface area contributed by atoms with Gasteiger partial charge in [0.1, 0.15) is 12.4 Å². The summed E-state index contributed by atoms with van der Waals surface area (Å²) < 4.78 is 7.95. The summed E-state index contributed by atoms with van der Waals surface area (Å²) in [7, 11) is 3.04. The molecule has 2 aromatic rings. The van der Waals surface area contributed by atoms with E-state index in [0.29, 0.717) is 17.1 Å². The van der Waals surface area contributed by atoms with E-state index in [1.165, 1.54) is 17.7 Å². The number of nitrogen functional groups attached to an aromatic ring is 1. The number of hydrogen-bond acceptors (Lipinski definition) is 4. The van der Waals surface area contributed by atoms with Crippen LogP contribution in [0.3, 0.4) is 0 Å². The predicted octanol–water partition coefficient (Wildman–Crippen LogP) is 0.245. The van der Waals surface area contributed by atoms with E-state index in [1.54, 1.807) is 31.3 Å². The summed E-state index contributed by atoms with van der Waals surface area (Å²) in [6, 6.07) is 8.29. The summed E-state index contributed by atoms with van der Waals surface area (Å²) >= 11 is 0. The van der Waals surface area contributed by atoms with Crippen LogP contribution in [0.5, 0.6) is 5.75 Å². The number of hydrogen-bond donors (Lipinski definition) is 1. The van der Waals surface area contributed by atoms with Crippen LogP contribution < -0.4 is 21.7 Å². The van der Waals surface area contributed by atoms with Crippen molar-refractivity contribution in [3.63, 3.8) is 0 Å². The van der Waals surface area contributed by atoms with Crippen molar-refractivity contribution in [2.45, 2.75) is 6.61 Å². The minimum Gasteiger partial charge on any atom is -0.487 e. The first-order chi connectivity index (χ1) is 8.99. The number of rotatable bonds is 3. The zero-order chi connectivity index (χ0) is 14.0. The number of ether oxygens (including phenoxy) is 1. The van der Waals surface area contributed by atoms with Crippen molar-refractivity contribution in [1.82, 2.24) is 9.13 Å². The van der Waals surface area contributed by atoms with Crippen molar-refractivity contribution >= 4 is 5.69 Å². The van der Waals surface area contributed by atoms with E-state index in [4.69, 9.17) is 10.5 Å². The van der Waals surface area contributed by atoms with Crippen molar-refractivity contribution in [1.29, 1.82) is 0 Å². The second-order valence-corrected chi connectivity index (χ2v) is 4.23. The van der Waals surface area contributed by atoms with Crippen molar-refractivity contribution in [3.05, 3.63) is 56.9 Å². The molecule has 0 aliphatic rings. The second-order valence-electron chi connectivity index (χ2n) is 4.23. The van der Waals surface area contributed by atoms with Gasteiger partial charge in [0.25, 0.3) is 5.56 Å². The van der Waals surface area contributed by atoms with Gasteiger partial charge in [-0.25, -0.2) is 4.79 Å². The first-order valence-corrected chi connectivity index (χ1v) is 5.73. The monoisotopic (exact) mass is 261 g/mol. The molecule has 0 saturated heterocycles. The molecule has 0 unspecified atom stereocenters. The lowest BCUT2D eigenvalue weighted by Crippen LogP contribution is -2.38. The van der Waals surface area contributed by atoms with E-state index in [2.05, 4.69) is 0 Å². The Labute approximate surface area is 109 Å². The van der Waals surface area contributed by atoms with Crippen molar-refractivity contribution < 1.29 is 4.74 Å². The fourth-order valence-corrected chi connectivity index (χ4v) is 1.64. The molecule has 19 heavy (non-hydrogen) atoms. The van der Waals surface area contributed by atoms with Gasteiger partial charge >= 0.3 is 5.69 Å². The molecule has 6 heteroatoms. The molecule has 0 aliphatic heterocycles. The molecule has 100 valence electrons. The zero-order valence-electron chi connectivity index (χ0n) is 10.8. The van der Waals surface area contributed by atoms with Gasteiger partial charge in [-0.15, -0.1) is 0 Å². The zero-order valence-corrected chi connectivity index (χ0v) is 10.8. The Kier molecular flexibility index (Phi) is 3.41. The molecule has 0 fully saturated rings. The molecule has 0 radical (unpaired) electrons. The average molecular weight is 261 g/mol. The molecule has 1 aromatic carbocycles. The van der Waals surface area contributed by atoms with Crippen LogP contribution >= 0.6 is 0 Å². The van der Waals surface area contributed by atoms with Crippen LogP contribution in [0.25, 0.3) is 0 Å². The van der Waals surface area contributed by atoms with Gasteiger partial charge in [0.05, 0.1) is 5.69 Å².